The fourth-order valence-electron chi connectivity index (χ4n) is 2.32. The number of hydrogen-bond donors (Lipinski definition) is 0. The van der Waals surface area contributed by atoms with Crippen LogP contribution < -0.4 is 10.4 Å². The highest BCUT2D eigenvalue weighted by molar-refractivity contribution is 5.83. The molecule has 0 aliphatic heterocycles. The average Bonchev–Trinajstić information content (AvgIpc) is 2.37. The Morgan fingerprint density at radius 3 is 2.43 bits per heavy atom. The summed E-state index contributed by atoms with van der Waals surface area (Å²) in [7, 11) is 0. The SMILES string of the molecule is Cc1c(C(C)C)c(=O)oc2cc(OC(=O)C(C)C)ccc12. The third kappa shape index (κ3) is 2.99. The van der Waals surface area contributed by atoms with E-state index < -0.39 is 0 Å². The van der Waals surface area contributed by atoms with E-state index in [4.69, 9.17) is 9.15 Å². The van der Waals surface area contributed by atoms with Gasteiger partial charge in [-0.3, -0.25) is 4.79 Å². The van der Waals surface area contributed by atoms with E-state index >= 15 is 0 Å². The molecule has 1 aromatic carbocycles. The van der Waals surface area contributed by atoms with E-state index in [2.05, 4.69) is 0 Å². The molecule has 2 aromatic rings. The van der Waals surface area contributed by atoms with E-state index in [1.165, 1.54) is 0 Å². The van der Waals surface area contributed by atoms with Crippen LogP contribution in [-0.4, -0.2) is 5.97 Å². The molecule has 1 heterocycles. The first-order chi connectivity index (χ1) is 9.81. The van der Waals surface area contributed by atoms with Gasteiger partial charge in [0.2, 0.25) is 0 Å². The quantitative estimate of drug-likeness (QED) is 0.490. The fourth-order valence-corrected chi connectivity index (χ4v) is 2.32. The van der Waals surface area contributed by atoms with Gasteiger partial charge in [-0.2, -0.15) is 0 Å². The Kier molecular flexibility index (Phi) is 4.16. The second kappa shape index (κ2) is 5.72. The van der Waals surface area contributed by atoms with Gasteiger partial charge >= 0.3 is 11.6 Å². The van der Waals surface area contributed by atoms with Crippen molar-refractivity contribution in [2.75, 3.05) is 0 Å². The Labute approximate surface area is 123 Å². The number of aryl methyl sites for hydroxylation is 1. The number of benzene rings is 1. The van der Waals surface area contributed by atoms with Crippen LogP contribution in [-0.2, 0) is 4.79 Å². The second-order valence-electron chi connectivity index (χ2n) is 5.82. The van der Waals surface area contributed by atoms with Crippen LogP contribution in [0, 0.1) is 12.8 Å². The van der Waals surface area contributed by atoms with Crippen molar-refractivity contribution in [3.05, 3.63) is 39.7 Å². The van der Waals surface area contributed by atoms with Crippen molar-refractivity contribution in [3.63, 3.8) is 0 Å². The number of ether oxygens (including phenoxy) is 1. The molecule has 0 spiro atoms. The fraction of sp³-hybridized carbons (Fsp3) is 0.412. The number of esters is 1. The van der Waals surface area contributed by atoms with E-state index in [1.54, 1.807) is 26.0 Å². The Morgan fingerprint density at radius 1 is 1.19 bits per heavy atom. The smallest absolute Gasteiger partial charge is 0.339 e. The van der Waals surface area contributed by atoms with E-state index in [-0.39, 0.29) is 23.4 Å². The number of hydrogen-bond acceptors (Lipinski definition) is 4. The normalized spacial score (nSPS) is 11.4. The third-order valence-corrected chi connectivity index (χ3v) is 3.45. The predicted molar refractivity (Wildman–Crippen MR) is 81.8 cm³/mol. The van der Waals surface area contributed by atoms with E-state index in [1.807, 2.05) is 26.8 Å². The Hall–Kier alpha value is -2.10. The van der Waals surface area contributed by atoms with Crippen molar-refractivity contribution in [2.45, 2.75) is 40.5 Å². The van der Waals surface area contributed by atoms with Crippen molar-refractivity contribution in [2.24, 2.45) is 5.92 Å². The summed E-state index contributed by atoms with van der Waals surface area (Å²) < 4.78 is 10.6. The van der Waals surface area contributed by atoms with Gasteiger partial charge in [-0.25, -0.2) is 4.79 Å². The van der Waals surface area contributed by atoms with Crippen molar-refractivity contribution in [1.29, 1.82) is 0 Å². The molecule has 0 saturated heterocycles. The maximum absolute atomic E-state index is 12.1. The number of carbonyl (C=O) groups excluding carboxylic acids is 1. The first-order valence-electron chi connectivity index (χ1n) is 7.10. The highest BCUT2D eigenvalue weighted by atomic mass is 16.5. The molecule has 0 aliphatic rings. The molecule has 0 radical (unpaired) electrons. The van der Waals surface area contributed by atoms with Crippen LogP contribution in [0.3, 0.4) is 0 Å². The van der Waals surface area contributed by atoms with Gasteiger partial charge in [-0.1, -0.05) is 27.7 Å². The molecule has 0 saturated carbocycles. The zero-order valence-corrected chi connectivity index (χ0v) is 13.0. The summed E-state index contributed by atoms with van der Waals surface area (Å²) in [6, 6.07) is 5.14. The van der Waals surface area contributed by atoms with Gasteiger partial charge in [0.15, 0.2) is 0 Å². The molecule has 0 bridgehead atoms. The molecule has 0 fully saturated rings. The highest BCUT2D eigenvalue weighted by Crippen LogP contribution is 2.27. The molecule has 0 aliphatic carbocycles. The number of fused-ring (bicyclic) bond motifs is 1. The lowest BCUT2D eigenvalue weighted by Gasteiger charge is -2.11. The molecule has 0 atom stereocenters. The minimum Gasteiger partial charge on any atom is -0.426 e. The summed E-state index contributed by atoms with van der Waals surface area (Å²) >= 11 is 0. The third-order valence-electron chi connectivity index (χ3n) is 3.45. The molecule has 0 N–H and O–H groups in total. The molecule has 21 heavy (non-hydrogen) atoms. The zero-order chi connectivity index (χ0) is 15.7. The Balaban J connectivity index is 2.53. The molecule has 0 unspecified atom stereocenters. The lowest BCUT2D eigenvalue weighted by Crippen LogP contribution is -2.15. The summed E-state index contributed by atoms with van der Waals surface area (Å²) in [6.07, 6.45) is 0. The van der Waals surface area contributed by atoms with E-state index in [9.17, 15) is 9.59 Å². The van der Waals surface area contributed by atoms with Crippen LogP contribution in [0.25, 0.3) is 11.0 Å². The van der Waals surface area contributed by atoms with Crippen LogP contribution in [0.5, 0.6) is 5.75 Å². The van der Waals surface area contributed by atoms with E-state index in [0.717, 1.165) is 10.9 Å². The molecular formula is C17H20O4. The minimum absolute atomic E-state index is 0.101. The van der Waals surface area contributed by atoms with E-state index in [0.29, 0.717) is 16.9 Å². The highest BCUT2D eigenvalue weighted by Gasteiger charge is 2.16. The van der Waals surface area contributed by atoms with Crippen LogP contribution >= 0.6 is 0 Å². The van der Waals surface area contributed by atoms with Gasteiger partial charge in [0, 0.05) is 17.0 Å². The maximum Gasteiger partial charge on any atom is 0.339 e. The molecule has 1 aromatic heterocycles. The van der Waals surface area contributed by atoms with Gasteiger partial charge in [0.25, 0.3) is 0 Å². The molecule has 4 nitrogen and oxygen atoms in total. The molecule has 112 valence electrons. The van der Waals surface area contributed by atoms with Crippen molar-refractivity contribution >= 4 is 16.9 Å². The van der Waals surface area contributed by atoms with Crippen LogP contribution in [0.1, 0.15) is 44.7 Å². The molecule has 4 heteroatoms. The summed E-state index contributed by atoms with van der Waals surface area (Å²) in [5, 5.41) is 0.864. The maximum atomic E-state index is 12.1. The zero-order valence-electron chi connectivity index (χ0n) is 13.0. The summed E-state index contributed by atoms with van der Waals surface area (Å²) in [5.41, 5.74) is 1.71. The largest absolute Gasteiger partial charge is 0.426 e. The molecule has 0 amide bonds. The second-order valence-corrected chi connectivity index (χ2v) is 5.82. The van der Waals surface area contributed by atoms with Crippen LogP contribution in [0.2, 0.25) is 0 Å². The number of rotatable bonds is 3. The number of carbonyl (C=O) groups is 1. The first kappa shape index (κ1) is 15.3. The van der Waals surface area contributed by atoms with Gasteiger partial charge in [-0.15, -0.1) is 0 Å². The topological polar surface area (TPSA) is 56.5 Å². The van der Waals surface area contributed by atoms with Crippen LogP contribution in [0.4, 0.5) is 0 Å². The van der Waals surface area contributed by atoms with Gasteiger partial charge < -0.3 is 9.15 Å². The van der Waals surface area contributed by atoms with Crippen LogP contribution in [0.15, 0.2) is 27.4 Å². The molecule has 2 rings (SSSR count). The monoisotopic (exact) mass is 288 g/mol. The summed E-state index contributed by atoms with van der Waals surface area (Å²) in [4.78, 5) is 23.7. The summed E-state index contributed by atoms with van der Waals surface area (Å²) in [6.45, 7) is 9.37. The summed E-state index contributed by atoms with van der Waals surface area (Å²) in [5.74, 6) is -0.0323. The minimum atomic E-state index is -0.331. The van der Waals surface area contributed by atoms with Gasteiger partial charge in [-0.05, 0) is 30.5 Å². The van der Waals surface area contributed by atoms with Crippen molar-refractivity contribution < 1.29 is 13.9 Å². The van der Waals surface area contributed by atoms with Crippen molar-refractivity contribution in [1.82, 2.24) is 0 Å². The predicted octanol–water partition coefficient (Wildman–Crippen LogP) is 3.79. The molecular weight excluding hydrogens is 268 g/mol. The Morgan fingerprint density at radius 2 is 1.86 bits per heavy atom. The average molecular weight is 288 g/mol. The van der Waals surface area contributed by atoms with Gasteiger partial charge in [0.05, 0.1) is 5.92 Å². The lowest BCUT2D eigenvalue weighted by atomic mass is 9.97. The first-order valence-corrected chi connectivity index (χ1v) is 7.10. The van der Waals surface area contributed by atoms with Crippen molar-refractivity contribution in [3.8, 4) is 5.75 Å². The van der Waals surface area contributed by atoms with Gasteiger partial charge in [0.1, 0.15) is 11.3 Å². The Bertz CT molecular complexity index is 738. The standard InChI is InChI=1S/C17H20O4/c1-9(2)15-11(5)13-7-6-12(20-16(18)10(3)4)8-14(13)21-17(15)19/h6-10H,1-5H3. The lowest BCUT2D eigenvalue weighted by molar-refractivity contribution is -0.137.